The Morgan fingerprint density at radius 1 is 1.50 bits per heavy atom. The Balaban J connectivity index is 2.30. The number of fused-ring (bicyclic) bond motifs is 1. The van der Waals surface area contributed by atoms with Gasteiger partial charge in [-0.2, -0.15) is 0 Å². The van der Waals surface area contributed by atoms with E-state index in [2.05, 4.69) is 11.9 Å². The highest BCUT2D eigenvalue weighted by Crippen LogP contribution is 2.32. The van der Waals surface area contributed by atoms with Crippen LogP contribution in [0.5, 0.6) is 0 Å². The molecule has 5 heteroatoms. The average molecular weight is 258 g/mol. The molecule has 0 aromatic heterocycles. The number of halogens is 1. The molecule has 1 unspecified atom stereocenters. The van der Waals surface area contributed by atoms with E-state index in [1.807, 2.05) is 12.1 Å². The lowest BCUT2D eigenvalue weighted by Crippen LogP contribution is -2.23. The first kappa shape index (κ1) is 11.6. The third-order valence-electron chi connectivity index (χ3n) is 2.56. The van der Waals surface area contributed by atoms with Crippen molar-refractivity contribution in [1.29, 1.82) is 0 Å². The Morgan fingerprint density at radius 3 is 2.88 bits per heavy atom. The monoisotopic (exact) mass is 257 g/mol. The lowest BCUT2D eigenvalue weighted by Gasteiger charge is -2.11. The molecule has 1 aromatic carbocycles. The highest BCUT2D eigenvalue weighted by Gasteiger charge is 2.33. The van der Waals surface area contributed by atoms with Crippen molar-refractivity contribution in [3.8, 4) is 0 Å². The summed E-state index contributed by atoms with van der Waals surface area (Å²) in [6, 6.07) is 6.86. The molecule has 0 radical (unpaired) electrons. The molecule has 2 rings (SSSR count). The number of benzene rings is 1. The normalized spacial score (nSPS) is 21.7. The van der Waals surface area contributed by atoms with Gasteiger partial charge in [0.15, 0.2) is 9.84 Å². The number of sulfone groups is 1. The van der Waals surface area contributed by atoms with E-state index in [1.54, 1.807) is 12.1 Å². The molecule has 0 saturated carbocycles. The lowest BCUT2D eigenvalue weighted by atomic mass is 10.1. The van der Waals surface area contributed by atoms with Gasteiger partial charge < -0.3 is 5.32 Å². The van der Waals surface area contributed by atoms with Gasteiger partial charge >= 0.3 is 0 Å². The summed E-state index contributed by atoms with van der Waals surface area (Å²) in [4.78, 5) is 0.424. The van der Waals surface area contributed by atoms with Crippen molar-refractivity contribution in [3.05, 3.63) is 41.4 Å². The van der Waals surface area contributed by atoms with E-state index in [0.717, 1.165) is 5.56 Å². The summed E-state index contributed by atoms with van der Waals surface area (Å²) in [5, 5.41) is 3.56. The first-order chi connectivity index (χ1) is 7.50. The van der Waals surface area contributed by atoms with Crippen LogP contribution in [0.1, 0.15) is 11.6 Å². The predicted octanol–water partition coefficient (Wildman–Crippen LogP) is 1.86. The quantitative estimate of drug-likeness (QED) is 0.899. The second-order valence-electron chi connectivity index (χ2n) is 3.77. The van der Waals surface area contributed by atoms with Crippen LogP contribution >= 0.6 is 11.6 Å². The molecule has 0 aliphatic carbocycles. The summed E-state index contributed by atoms with van der Waals surface area (Å²) in [5.74, 6) is 0.0938. The maximum Gasteiger partial charge on any atom is 0.180 e. The first-order valence-electron chi connectivity index (χ1n) is 4.89. The largest absolute Gasteiger partial charge is 0.304 e. The van der Waals surface area contributed by atoms with Crippen molar-refractivity contribution in [2.45, 2.75) is 10.9 Å². The van der Waals surface area contributed by atoms with Crippen molar-refractivity contribution in [3.63, 3.8) is 0 Å². The number of hydrogen-bond donors (Lipinski definition) is 1. The minimum absolute atomic E-state index is 0.0938. The molecule has 3 nitrogen and oxygen atoms in total. The number of hydrogen-bond acceptors (Lipinski definition) is 3. The van der Waals surface area contributed by atoms with Crippen LogP contribution in [0.3, 0.4) is 0 Å². The first-order valence-corrected chi connectivity index (χ1v) is 6.92. The minimum atomic E-state index is -3.14. The topological polar surface area (TPSA) is 46.2 Å². The zero-order valence-corrected chi connectivity index (χ0v) is 10.2. The van der Waals surface area contributed by atoms with Crippen LogP contribution in [0.4, 0.5) is 0 Å². The summed E-state index contributed by atoms with van der Waals surface area (Å²) < 4.78 is 23.6. The van der Waals surface area contributed by atoms with E-state index >= 15 is 0 Å². The summed E-state index contributed by atoms with van der Waals surface area (Å²) in [6.07, 6.45) is 0. The fourth-order valence-corrected chi connectivity index (χ4v) is 3.70. The zero-order chi connectivity index (χ0) is 11.8. The summed E-state index contributed by atoms with van der Waals surface area (Å²) >= 11 is 5.65. The molecule has 0 amide bonds. The highest BCUT2D eigenvalue weighted by molar-refractivity contribution is 7.91. The molecule has 0 spiro atoms. The molecular weight excluding hydrogens is 246 g/mol. The SMILES string of the molecule is C=C(Cl)CNC1CS(=O)(=O)c2ccccc21. The molecule has 1 aliphatic heterocycles. The van der Waals surface area contributed by atoms with Gasteiger partial charge in [0.2, 0.25) is 0 Å². The Morgan fingerprint density at radius 2 is 2.19 bits per heavy atom. The average Bonchev–Trinajstić information content (AvgIpc) is 2.49. The van der Waals surface area contributed by atoms with Crippen LogP contribution < -0.4 is 5.32 Å². The molecule has 1 N–H and O–H groups in total. The molecule has 0 bridgehead atoms. The lowest BCUT2D eigenvalue weighted by molar-refractivity contribution is 0.584. The van der Waals surface area contributed by atoms with Crippen molar-refractivity contribution >= 4 is 21.4 Å². The maximum atomic E-state index is 11.8. The predicted molar refractivity (Wildman–Crippen MR) is 64.2 cm³/mol. The Kier molecular flexibility index (Phi) is 3.06. The van der Waals surface area contributed by atoms with Crippen molar-refractivity contribution in [2.75, 3.05) is 12.3 Å². The molecule has 0 saturated heterocycles. The van der Waals surface area contributed by atoms with Gasteiger partial charge in [-0.15, -0.1) is 0 Å². The Bertz CT molecular complexity index is 525. The van der Waals surface area contributed by atoms with E-state index in [1.165, 1.54) is 0 Å². The molecule has 86 valence electrons. The Labute approximate surface area is 100 Å². The summed E-state index contributed by atoms with van der Waals surface area (Å²) in [7, 11) is -3.14. The van der Waals surface area contributed by atoms with Gasteiger partial charge in [0.1, 0.15) is 0 Å². The van der Waals surface area contributed by atoms with Gasteiger partial charge in [-0.3, -0.25) is 0 Å². The van der Waals surface area contributed by atoms with Crippen LogP contribution in [0, 0.1) is 0 Å². The van der Waals surface area contributed by atoms with E-state index in [-0.39, 0.29) is 11.8 Å². The van der Waals surface area contributed by atoms with Crippen molar-refractivity contribution < 1.29 is 8.42 Å². The Hall–Kier alpha value is -0.840. The highest BCUT2D eigenvalue weighted by atomic mass is 35.5. The summed E-state index contributed by atoms with van der Waals surface area (Å²) in [6.45, 7) is 3.97. The summed E-state index contributed by atoms with van der Waals surface area (Å²) in [5.41, 5.74) is 0.820. The van der Waals surface area contributed by atoms with Gasteiger partial charge in [0, 0.05) is 17.6 Å². The number of nitrogens with one attached hydrogen (secondary N) is 1. The van der Waals surface area contributed by atoms with Gasteiger partial charge in [0.25, 0.3) is 0 Å². The third-order valence-corrected chi connectivity index (χ3v) is 4.50. The van der Waals surface area contributed by atoms with E-state index in [9.17, 15) is 8.42 Å². The smallest absolute Gasteiger partial charge is 0.180 e. The molecule has 16 heavy (non-hydrogen) atoms. The number of rotatable bonds is 3. The van der Waals surface area contributed by atoms with Crippen molar-refractivity contribution in [2.24, 2.45) is 0 Å². The standard InChI is InChI=1S/C11H12ClNO2S/c1-8(12)6-13-10-7-16(14,15)11-5-3-2-4-9(10)11/h2-5,10,13H,1,6-7H2. The van der Waals surface area contributed by atoms with Crippen LogP contribution in [-0.2, 0) is 9.84 Å². The van der Waals surface area contributed by atoms with Gasteiger partial charge in [-0.1, -0.05) is 36.4 Å². The second-order valence-corrected chi connectivity index (χ2v) is 6.31. The van der Waals surface area contributed by atoms with E-state index in [0.29, 0.717) is 16.5 Å². The van der Waals surface area contributed by atoms with Crippen LogP contribution in [0.2, 0.25) is 0 Å². The van der Waals surface area contributed by atoms with Crippen LogP contribution in [-0.4, -0.2) is 20.7 Å². The fourth-order valence-electron chi connectivity index (χ4n) is 1.85. The molecule has 1 aliphatic rings. The molecule has 1 atom stereocenters. The van der Waals surface area contributed by atoms with Crippen LogP contribution in [0.25, 0.3) is 0 Å². The van der Waals surface area contributed by atoms with Gasteiger partial charge in [-0.25, -0.2) is 8.42 Å². The second kappa shape index (κ2) is 4.20. The van der Waals surface area contributed by atoms with Crippen LogP contribution in [0.15, 0.2) is 40.8 Å². The fraction of sp³-hybridized carbons (Fsp3) is 0.273. The maximum absolute atomic E-state index is 11.8. The van der Waals surface area contributed by atoms with Crippen molar-refractivity contribution in [1.82, 2.24) is 5.32 Å². The van der Waals surface area contributed by atoms with E-state index in [4.69, 9.17) is 11.6 Å². The zero-order valence-electron chi connectivity index (χ0n) is 8.61. The molecular formula is C11H12ClNO2S. The van der Waals surface area contributed by atoms with Gasteiger partial charge in [-0.05, 0) is 11.6 Å². The van der Waals surface area contributed by atoms with Gasteiger partial charge in [0.05, 0.1) is 10.6 Å². The molecule has 0 fully saturated rings. The molecule has 1 aromatic rings. The minimum Gasteiger partial charge on any atom is -0.304 e. The third kappa shape index (κ3) is 2.14. The van der Waals surface area contributed by atoms with E-state index < -0.39 is 9.84 Å². The molecule has 1 heterocycles.